The summed E-state index contributed by atoms with van der Waals surface area (Å²) in [6, 6.07) is 2.17. The lowest BCUT2D eigenvalue weighted by Gasteiger charge is -2.43. The predicted molar refractivity (Wildman–Crippen MR) is 96.2 cm³/mol. The highest BCUT2D eigenvalue weighted by molar-refractivity contribution is 5.77. The number of likely N-dealkylation sites (N-methyl/N-ethyl adjacent to an activating group) is 1. The molecule has 0 aromatic carbocycles. The third kappa shape index (κ3) is 4.59. The van der Waals surface area contributed by atoms with E-state index in [4.69, 9.17) is 4.74 Å². The number of aromatic nitrogens is 2. The summed E-state index contributed by atoms with van der Waals surface area (Å²) < 4.78 is 7.93. The van der Waals surface area contributed by atoms with E-state index in [0.717, 1.165) is 51.4 Å². The second-order valence-electron chi connectivity index (χ2n) is 7.65. The Balaban J connectivity index is 1.67. The van der Waals surface area contributed by atoms with Crippen LogP contribution < -0.4 is 5.32 Å². The molecule has 1 amide bonds. The highest BCUT2D eigenvalue weighted by Gasteiger charge is 2.39. The zero-order valence-corrected chi connectivity index (χ0v) is 15.8. The number of nitrogens with zero attached hydrogens (tertiary/aromatic N) is 4. The van der Waals surface area contributed by atoms with Gasteiger partial charge in [0.25, 0.3) is 0 Å². The summed E-state index contributed by atoms with van der Waals surface area (Å²) in [6.45, 7) is 8.81. The Hall–Kier alpha value is -1.44. The van der Waals surface area contributed by atoms with Crippen molar-refractivity contribution in [1.29, 1.82) is 0 Å². The highest BCUT2D eigenvalue weighted by atomic mass is 16.5. The first-order valence-corrected chi connectivity index (χ1v) is 9.22. The smallest absolute Gasteiger partial charge is 0.233 e. The zero-order valence-electron chi connectivity index (χ0n) is 15.8. The van der Waals surface area contributed by atoms with Crippen molar-refractivity contribution in [3.05, 3.63) is 17.5 Å². The summed E-state index contributed by atoms with van der Waals surface area (Å²) in [4.78, 5) is 16.6. The van der Waals surface area contributed by atoms with E-state index in [-0.39, 0.29) is 11.3 Å². The third-order valence-corrected chi connectivity index (χ3v) is 5.39. The number of nitrogens with one attached hydrogen (secondary N) is 1. The minimum atomic E-state index is 0.0788. The second-order valence-corrected chi connectivity index (χ2v) is 7.65. The van der Waals surface area contributed by atoms with Gasteiger partial charge in [-0.3, -0.25) is 19.3 Å². The standard InChI is InChI=1S/C18H31N5O2/c1-15-9-16(21(3)20-15)10-22-6-4-5-18(12-22)13-23(7-8-25-14-18)11-17(24)19-2/h9H,4-8,10-14H2,1-3H3,(H,19,24)/t18-/m1/s1. The Morgan fingerprint density at radius 3 is 2.88 bits per heavy atom. The van der Waals surface area contributed by atoms with E-state index in [2.05, 4.69) is 26.3 Å². The molecule has 25 heavy (non-hydrogen) atoms. The number of piperidine rings is 1. The number of aryl methyl sites for hydroxylation is 2. The molecular formula is C18H31N5O2. The van der Waals surface area contributed by atoms with Gasteiger partial charge in [-0.25, -0.2) is 0 Å². The summed E-state index contributed by atoms with van der Waals surface area (Å²) in [5, 5.41) is 7.19. The first kappa shape index (κ1) is 18.4. The third-order valence-electron chi connectivity index (χ3n) is 5.39. The van der Waals surface area contributed by atoms with Gasteiger partial charge >= 0.3 is 0 Å². The number of carbonyl (C=O) groups excluding carboxylic acids is 1. The van der Waals surface area contributed by atoms with E-state index in [1.165, 1.54) is 12.1 Å². The number of amides is 1. The number of hydrogen-bond acceptors (Lipinski definition) is 5. The van der Waals surface area contributed by atoms with E-state index in [1.54, 1.807) is 7.05 Å². The average Bonchev–Trinajstić information content (AvgIpc) is 2.77. The van der Waals surface area contributed by atoms with Crippen LogP contribution in [0.2, 0.25) is 0 Å². The van der Waals surface area contributed by atoms with Gasteiger partial charge in [0.05, 0.1) is 31.1 Å². The van der Waals surface area contributed by atoms with Crippen LogP contribution in [0.3, 0.4) is 0 Å². The molecule has 2 aliphatic heterocycles. The number of likely N-dealkylation sites (tertiary alicyclic amines) is 1. The highest BCUT2D eigenvalue weighted by Crippen LogP contribution is 2.33. The molecule has 1 aromatic rings. The monoisotopic (exact) mass is 349 g/mol. The lowest BCUT2D eigenvalue weighted by molar-refractivity contribution is -0.122. The summed E-state index contributed by atoms with van der Waals surface area (Å²) in [5.74, 6) is 0.0788. The molecule has 0 bridgehead atoms. The van der Waals surface area contributed by atoms with Crippen LogP contribution in [0.15, 0.2) is 6.07 Å². The Bertz CT molecular complexity index is 602. The van der Waals surface area contributed by atoms with Crippen LogP contribution in [0.5, 0.6) is 0 Å². The van der Waals surface area contributed by atoms with Gasteiger partial charge in [0.15, 0.2) is 0 Å². The molecule has 140 valence electrons. The van der Waals surface area contributed by atoms with Crippen LogP contribution in [-0.2, 0) is 23.1 Å². The number of ether oxygens (including phenoxy) is 1. The van der Waals surface area contributed by atoms with Gasteiger partial charge in [0.2, 0.25) is 5.91 Å². The van der Waals surface area contributed by atoms with Crippen molar-refractivity contribution in [2.24, 2.45) is 12.5 Å². The van der Waals surface area contributed by atoms with Crippen molar-refractivity contribution in [1.82, 2.24) is 24.9 Å². The number of carbonyl (C=O) groups is 1. The molecule has 3 rings (SSSR count). The van der Waals surface area contributed by atoms with E-state index in [9.17, 15) is 4.79 Å². The van der Waals surface area contributed by atoms with E-state index < -0.39 is 0 Å². The molecule has 0 saturated carbocycles. The summed E-state index contributed by atoms with van der Waals surface area (Å²) in [6.07, 6.45) is 2.34. The molecule has 1 aromatic heterocycles. The second kappa shape index (κ2) is 7.85. The molecule has 2 fully saturated rings. The topological polar surface area (TPSA) is 62.6 Å². The van der Waals surface area contributed by atoms with Crippen molar-refractivity contribution in [3.8, 4) is 0 Å². The lowest BCUT2D eigenvalue weighted by Crippen LogP contribution is -2.51. The van der Waals surface area contributed by atoms with Crippen LogP contribution >= 0.6 is 0 Å². The molecule has 7 heteroatoms. The molecule has 0 aliphatic carbocycles. The van der Waals surface area contributed by atoms with Crippen LogP contribution in [0.4, 0.5) is 0 Å². The Morgan fingerprint density at radius 1 is 1.36 bits per heavy atom. The fraction of sp³-hybridized carbons (Fsp3) is 0.778. The molecule has 0 radical (unpaired) electrons. The molecule has 1 N–H and O–H groups in total. The summed E-state index contributed by atoms with van der Waals surface area (Å²) >= 11 is 0. The lowest BCUT2D eigenvalue weighted by atomic mass is 9.80. The van der Waals surface area contributed by atoms with Crippen LogP contribution in [0.1, 0.15) is 24.2 Å². The Kier molecular flexibility index (Phi) is 5.76. The minimum Gasteiger partial charge on any atom is -0.379 e. The fourth-order valence-electron chi connectivity index (χ4n) is 4.23. The number of rotatable bonds is 4. The van der Waals surface area contributed by atoms with Gasteiger partial charge in [0.1, 0.15) is 0 Å². The van der Waals surface area contributed by atoms with Crippen LogP contribution in [-0.4, -0.2) is 78.5 Å². The molecule has 7 nitrogen and oxygen atoms in total. The molecule has 2 saturated heterocycles. The summed E-state index contributed by atoms with van der Waals surface area (Å²) in [5.41, 5.74) is 2.45. The van der Waals surface area contributed by atoms with Gasteiger partial charge in [-0.05, 0) is 32.4 Å². The van der Waals surface area contributed by atoms with Gasteiger partial charge in [0, 0.05) is 45.7 Å². The van der Waals surface area contributed by atoms with Crippen molar-refractivity contribution >= 4 is 5.91 Å². The predicted octanol–water partition coefficient (Wildman–Crippen LogP) is 0.389. The largest absolute Gasteiger partial charge is 0.379 e. The molecule has 3 heterocycles. The fourth-order valence-corrected chi connectivity index (χ4v) is 4.23. The maximum atomic E-state index is 11.8. The van der Waals surface area contributed by atoms with Gasteiger partial charge in [-0.15, -0.1) is 0 Å². The maximum Gasteiger partial charge on any atom is 0.233 e. The van der Waals surface area contributed by atoms with Gasteiger partial charge in [-0.1, -0.05) is 0 Å². The van der Waals surface area contributed by atoms with E-state index in [1.807, 2.05) is 18.7 Å². The van der Waals surface area contributed by atoms with Crippen molar-refractivity contribution in [3.63, 3.8) is 0 Å². The van der Waals surface area contributed by atoms with Crippen molar-refractivity contribution < 1.29 is 9.53 Å². The molecule has 1 spiro atoms. The number of hydrogen-bond donors (Lipinski definition) is 1. The minimum absolute atomic E-state index is 0.0788. The molecular weight excluding hydrogens is 318 g/mol. The van der Waals surface area contributed by atoms with Crippen molar-refractivity contribution in [2.45, 2.75) is 26.3 Å². The summed E-state index contributed by atoms with van der Waals surface area (Å²) in [7, 11) is 3.71. The van der Waals surface area contributed by atoms with Crippen LogP contribution in [0.25, 0.3) is 0 Å². The van der Waals surface area contributed by atoms with Crippen LogP contribution in [0, 0.1) is 12.3 Å². The quantitative estimate of drug-likeness (QED) is 0.852. The SMILES string of the molecule is CNC(=O)CN1CCOC[C@@]2(CCCN(Cc3cc(C)nn3C)C2)C1. The average molecular weight is 349 g/mol. The Morgan fingerprint density at radius 2 is 2.16 bits per heavy atom. The first-order valence-electron chi connectivity index (χ1n) is 9.22. The first-order chi connectivity index (χ1) is 12.0. The van der Waals surface area contributed by atoms with Gasteiger partial charge < -0.3 is 10.1 Å². The van der Waals surface area contributed by atoms with Crippen molar-refractivity contribution in [2.75, 3.05) is 53.0 Å². The van der Waals surface area contributed by atoms with E-state index in [0.29, 0.717) is 13.2 Å². The molecule has 1 atom stereocenters. The molecule has 0 unspecified atom stereocenters. The normalized spacial score (nSPS) is 25.9. The Labute approximate surface area is 150 Å². The van der Waals surface area contributed by atoms with E-state index >= 15 is 0 Å². The zero-order chi connectivity index (χ0) is 17.9. The van der Waals surface area contributed by atoms with Gasteiger partial charge in [-0.2, -0.15) is 5.10 Å². The maximum absolute atomic E-state index is 11.8. The molecule has 2 aliphatic rings.